The van der Waals surface area contributed by atoms with Crippen LogP contribution in [0.4, 0.5) is 0 Å². The number of nitrogens with zero attached hydrogens (tertiary/aromatic N) is 1. The Bertz CT molecular complexity index is 628. The molecule has 0 aliphatic carbocycles. The second-order valence-electron chi connectivity index (χ2n) is 3.88. The molecule has 2 rings (SSSR count). The van der Waals surface area contributed by atoms with Crippen molar-refractivity contribution in [1.29, 1.82) is 0 Å². The number of rotatable bonds is 5. The quantitative estimate of drug-likeness (QED) is 0.880. The highest BCUT2D eigenvalue weighted by Gasteiger charge is 2.16. The fraction of sp³-hybridized carbons (Fsp3) is 0.364. The van der Waals surface area contributed by atoms with Crippen LogP contribution in [0.15, 0.2) is 22.7 Å². The lowest BCUT2D eigenvalue weighted by atomic mass is 10.2. The largest absolute Gasteiger partial charge is 0.332 e. The van der Waals surface area contributed by atoms with Gasteiger partial charge in [-0.15, -0.1) is 11.3 Å². The number of hydrogen-bond donors (Lipinski definition) is 2. The number of aromatic amines is 1. The highest BCUT2D eigenvalue weighted by Crippen LogP contribution is 2.17. The Labute approximate surface area is 110 Å². The standard InChI is InChI=1S/C11H15N3O2S2/c1-3-9-4-5-17-10(9)6-13-18(15,16)11-7-12-8(2)14-11/h4-5,7,13H,3,6H2,1-2H3,(H,12,14). The molecule has 5 nitrogen and oxygen atoms in total. The van der Waals surface area contributed by atoms with Crippen molar-refractivity contribution in [3.05, 3.63) is 33.9 Å². The summed E-state index contributed by atoms with van der Waals surface area (Å²) in [5, 5.41) is 2.08. The van der Waals surface area contributed by atoms with Gasteiger partial charge < -0.3 is 4.98 Å². The van der Waals surface area contributed by atoms with Crippen LogP contribution >= 0.6 is 11.3 Å². The van der Waals surface area contributed by atoms with Crippen molar-refractivity contribution >= 4 is 21.4 Å². The third-order valence-electron chi connectivity index (χ3n) is 2.61. The maximum atomic E-state index is 12.0. The summed E-state index contributed by atoms with van der Waals surface area (Å²) in [6, 6.07) is 2.02. The molecule has 0 amide bonds. The molecule has 7 heteroatoms. The van der Waals surface area contributed by atoms with Crippen LogP contribution < -0.4 is 4.72 Å². The van der Waals surface area contributed by atoms with Crippen molar-refractivity contribution < 1.29 is 8.42 Å². The molecule has 0 fully saturated rings. The van der Waals surface area contributed by atoms with Gasteiger partial charge >= 0.3 is 0 Å². The SMILES string of the molecule is CCc1ccsc1CNS(=O)(=O)c1cnc(C)[nH]1. The number of nitrogens with one attached hydrogen (secondary N) is 2. The third kappa shape index (κ3) is 2.80. The van der Waals surface area contributed by atoms with E-state index in [1.807, 2.05) is 11.4 Å². The number of imidazole rings is 1. The summed E-state index contributed by atoms with van der Waals surface area (Å²) in [4.78, 5) is 7.66. The lowest BCUT2D eigenvalue weighted by Gasteiger charge is -2.04. The second-order valence-corrected chi connectivity index (χ2v) is 6.62. The van der Waals surface area contributed by atoms with E-state index in [1.165, 1.54) is 11.8 Å². The van der Waals surface area contributed by atoms with E-state index in [2.05, 4.69) is 21.6 Å². The molecule has 0 atom stereocenters. The number of aromatic nitrogens is 2. The van der Waals surface area contributed by atoms with Crippen molar-refractivity contribution in [2.24, 2.45) is 0 Å². The Kier molecular flexibility index (Phi) is 3.84. The molecule has 2 heterocycles. The van der Waals surface area contributed by atoms with E-state index in [-0.39, 0.29) is 5.03 Å². The summed E-state index contributed by atoms with van der Waals surface area (Å²) in [6.45, 7) is 4.09. The van der Waals surface area contributed by atoms with Crippen molar-refractivity contribution in [3.8, 4) is 0 Å². The predicted octanol–water partition coefficient (Wildman–Crippen LogP) is 1.82. The summed E-state index contributed by atoms with van der Waals surface area (Å²) in [5.74, 6) is 0.584. The molecule has 0 aromatic carbocycles. The average Bonchev–Trinajstić information content (AvgIpc) is 2.94. The van der Waals surface area contributed by atoms with Crippen LogP contribution in [0.2, 0.25) is 0 Å². The molecule has 2 aromatic rings. The molecule has 0 aliphatic heterocycles. The fourth-order valence-corrected chi connectivity index (χ4v) is 3.58. The van der Waals surface area contributed by atoms with Crippen molar-refractivity contribution in [1.82, 2.24) is 14.7 Å². The van der Waals surface area contributed by atoms with Gasteiger partial charge in [0.15, 0.2) is 5.03 Å². The number of H-pyrrole nitrogens is 1. The normalized spacial score (nSPS) is 11.9. The minimum absolute atomic E-state index is 0.106. The summed E-state index contributed by atoms with van der Waals surface area (Å²) in [7, 11) is -3.50. The average molecular weight is 285 g/mol. The van der Waals surface area contributed by atoms with Gasteiger partial charge in [-0.25, -0.2) is 18.1 Å². The Hall–Kier alpha value is -1.18. The van der Waals surface area contributed by atoms with Crippen molar-refractivity contribution in [2.45, 2.75) is 31.8 Å². The van der Waals surface area contributed by atoms with E-state index in [0.717, 1.165) is 11.3 Å². The van der Waals surface area contributed by atoms with E-state index in [9.17, 15) is 8.42 Å². The van der Waals surface area contributed by atoms with Crippen LogP contribution in [0.5, 0.6) is 0 Å². The first-order valence-corrected chi connectivity index (χ1v) is 7.95. The van der Waals surface area contributed by atoms with Crippen molar-refractivity contribution in [3.63, 3.8) is 0 Å². The Morgan fingerprint density at radius 3 is 2.89 bits per heavy atom. The molecule has 0 bridgehead atoms. The minimum atomic E-state index is -3.50. The zero-order chi connectivity index (χ0) is 13.2. The van der Waals surface area contributed by atoms with Gasteiger partial charge in [-0.2, -0.15) is 0 Å². The van der Waals surface area contributed by atoms with E-state index in [0.29, 0.717) is 12.4 Å². The van der Waals surface area contributed by atoms with Gasteiger partial charge in [0, 0.05) is 11.4 Å². The van der Waals surface area contributed by atoms with Gasteiger partial charge in [0.05, 0.1) is 6.20 Å². The predicted molar refractivity (Wildman–Crippen MR) is 71.0 cm³/mol. The molecular weight excluding hydrogens is 270 g/mol. The summed E-state index contributed by atoms with van der Waals surface area (Å²) >= 11 is 1.56. The minimum Gasteiger partial charge on any atom is -0.332 e. The van der Waals surface area contributed by atoms with E-state index >= 15 is 0 Å². The van der Waals surface area contributed by atoms with Gasteiger partial charge in [-0.05, 0) is 30.4 Å². The van der Waals surface area contributed by atoms with Crippen LogP contribution in [-0.2, 0) is 23.0 Å². The highest BCUT2D eigenvalue weighted by molar-refractivity contribution is 7.89. The lowest BCUT2D eigenvalue weighted by Crippen LogP contribution is -2.23. The smallest absolute Gasteiger partial charge is 0.257 e. The van der Waals surface area contributed by atoms with Gasteiger partial charge in [0.25, 0.3) is 10.0 Å². The van der Waals surface area contributed by atoms with Crippen molar-refractivity contribution in [2.75, 3.05) is 0 Å². The molecule has 2 aromatic heterocycles. The summed E-state index contributed by atoms with van der Waals surface area (Å²) in [5.41, 5.74) is 1.18. The topological polar surface area (TPSA) is 74.8 Å². The molecule has 0 saturated carbocycles. The Morgan fingerprint density at radius 1 is 1.50 bits per heavy atom. The molecule has 18 heavy (non-hydrogen) atoms. The first-order chi connectivity index (χ1) is 8.53. The van der Waals surface area contributed by atoms with E-state index in [1.54, 1.807) is 18.3 Å². The maximum Gasteiger partial charge on any atom is 0.257 e. The third-order valence-corrected chi connectivity index (χ3v) is 4.88. The zero-order valence-electron chi connectivity index (χ0n) is 10.2. The molecule has 0 aliphatic rings. The number of thiophene rings is 1. The molecular formula is C11H15N3O2S2. The monoisotopic (exact) mass is 285 g/mol. The van der Waals surface area contributed by atoms with Crippen LogP contribution in [0.25, 0.3) is 0 Å². The van der Waals surface area contributed by atoms with Crippen LogP contribution in [0.3, 0.4) is 0 Å². The number of hydrogen-bond acceptors (Lipinski definition) is 4. The maximum absolute atomic E-state index is 12.0. The first kappa shape index (κ1) is 13.3. The molecule has 98 valence electrons. The van der Waals surface area contributed by atoms with Crippen LogP contribution in [-0.4, -0.2) is 18.4 Å². The highest BCUT2D eigenvalue weighted by atomic mass is 32.2. The van der Waals surface area contributed by atoms with Gasteiger partial charge in [-0.1, -0.05) is 6.92 Å². The summed E-state index contributed by atoms with van der Waals surface area (Å²) in [6.07, 6.45) is 2.23. The molecule has 0 radical (unpaired) electrons. The second kappa shape index (κ2) is 5.21. The molecule has 0 saturated heterocycles. The van der Waals surface area contributed by atoms with E-state index in [4.69, 9.17) is 0 Å². The lowest BCUT2D eigenvalue weighted by molar-refractivity contribution is 0.578. The zero-order valence-corrected chi connectivity index (χ0v) is 11.9. The molecule has 2 N–H and O–H groups in total. The number of aryl methyl sites for hydroxylation is 2. The van der Waals surface area contributed by atoms with Gasteiger partial charge in [0.2, 0.25) is 0 Å². The van der Waals surface area contributed by atoms with Gasteiger partial charge in [0.1, 0.15) is 5.82 Å². The molecule has 0 spiro atoms. The van der Waals surface area contributed by atoms with Gasteiger partial charge in [-0.3, -0.25) is 0 Å². The van der Waals surface area contributed by atoms with Crippen LogP contribution in [0.1, 0.15) is 23.2 Å². The number of sulfonamides is 1. The summed E-state index contributed by atoms with van der Waals surface area (Å²) < 4.78 is 26.5. The van der Waals surface area contributed by atoms with Crippen LogP contribution in [0, 0.1) is 6.92 Å². The fourth-order valence-electron chi connectivity index (χ4n) is 1.61. The Morgan fingerprint density at radius 2 is 2.28 bits per heavy atom. The Balaban J connectivity index is 2.10. The molecule has 0 unspecified atom stereocenters. The first-order valence-electron chi connectivity index (χ1n) is 5.59. The van der Waals surface area contributed by atoms with E-state index < -0.39 is 10.0 Å².